The van der Waals surface area contributed by atoms with Crippen LogP contribution in [-0.4, -0.2) is 40.9 Å². The molecule has 0 bridgehead atoms. The number of carbonyl (C=O) groups is 2. The second-order valence-electron chi connectivity index (χ2n) is 5.53. The summed E-state index contributed by atoms with van der Waals surface area (Å²) < 4.78 is 2.07. The second-order valence-corrected chi connectivity index (χ2v) is 5.53. The van der Waals surface area contributed by atoms with Crippen LogP contribution < -0.4 is 5.32 Å². The first-order valence-corrected chi connectivity index (χ1v) is 7.38. The van der Waals surface area contributed by atoms with Crippen LogP contribution in [0.4, 0.5) is 0 Å². The zero-order valence-corrected chi connectivity index (χ0v) is 12.8. The summed E-state index contributed by atoms with van der Waals surface area (Å²) in [6.07, 6.45) is 0. The number of hydrogen-bond acceptors (Lipinski definition) is 2. The van der Waals surface area contributed by atoms with Crippen molar-refractivity contribution < 1.29 is 9.59 Å². The standard InChI is InChI=1S/C17H19N3O2/c1-12-10-15(17(22)19-9-8-18-16(21)11-19)13(2)20(12)14-6-4-3-5-7-14/h3-7,10H,8-9,11H2,1-2H3,(H,18,21). The summed E-state index contributed by atoms with van der Waals surface area (Å²) in [5.74, 6) is -0.179. The lowest BCUT2D eigenvalue weighted by Crippen LogP contribution is -2.50. The summed E-state index contributed by atoms with van der Waals surface area (Å²) in [6.45, 7) is 5.13. The van der Waals surface area contributed by atoms with Crippen molar-refractivity contribution in [1.82, 2.24) is 14.8 Å². The molecule has 0 radical (unpaired) electrons. The van der Waals surface area contributed by atoms with Crippen LogP contribution in [0.5, 0.6) is 0 Å². The van der Waals surface area contributed by atoms with E-state index in [2.05, 4.69) is 9.88 Å². The van der Waals surface area contributed by atoms with Crippen molar-refractivity contribution in [2.45, 2.75) is 13.8 Å². The van der Waals surface area contributed by atoms with Crippen LogP contribution in [0.25, 0.3) is 5.69 Å². The summed E-state index contributed by atoms with van der Waals surface area (Å²) in [5, 5.41) is 2.74. The summed E-state index contributed by atoms with van der Waals surface area (Å²) in [5.41, 5.74) is 3.61. The molecule has 1 fully saturated rings. The molecule has 1 aromatic carbocycles. The number of carbonyl (C=O) groups excluding carboxylic acids is 2. The maximum Gasteiger partial charge on any atom is 0.256 e. The number of piperazine rings is 1. The van der Waals surface area contributed by atoms with Crippen molar-refractivity contribution >= 4 is 11.8 Å². The predicted octanol–water partition coefficient (Wildman–Crippen LogP) is 1.67. The molecule has 2 aromatic rings. The maximum atomic E-state index is 12.7. The highest BCUT2D eigenvalue weighted by Gasteiger charge is 2.25. The minimum Gasteiger partial charge on any atom is -0.353 e. The van der Waals surface area contributed by atoms with Crippen LogP contribution in [0.2, 0.25) is 0 Å². The Bertz CT molecular complexity index is 719. The second kappa shape index (κ2) is 5.67. The van der Waals surface area contributed by atoms with Gasteiger partial charge in [-0.05, 0) is 32.0 Å². The van der Waals surface area contributed by atoms with Gasteiger partial charge in [-0.1, -0.05) is 18.2 Å². The molecule has 0 unspecified atom stereocenters. The summed E-state index contributed by atoms with van der Waals surface area (Å²) in [4.78, 5) is 25.8. The first-order chi connectivity index (χ1) is 10.6. The van der Waals surface area contributed by atoms with E-state index in [1.54, 1.807) is 4.90 Å². The molecule has 1 aliphatic heterocycles. The molecule has 2 amide bonds. The Kier molecular flexibility index (Phi) is 3.71. The number of aryl methyl sites for hydroxylation is 1. The van der Waals surface area contributed by atoms with Crippen LogP contribution >= 0.6 is 0 Å². The van der Waals surface area contributed by atoms with E-state index in [0.717, 1.165) is 17.1 Å². The third-order valence-electron chi connectivity index (χ3n) is 4.00. The van der Waals surface area contributed by atoms with Gasteiger partial charge in [0.05, 0.1) is 12.1 Å². The van der Waals surface area contributed by atoms with Gasteiger partial charge in [-0.2, -0.15) is 0 Å². The summed E-state index contributed by atoms with van der Waals surface area (Å²) in [6, 6.07) is 11.9. The zero-order chi connectivity index (χ0) is 15.7. The molecule has 3 rings (SSSR count). The fraction of sp³-hybridized carbons (Fsp3) is 0.294. The lowest BCUT2D eigenvalue weighted by Gasteiger charge is -2.26. The van der Waals surface area contributed by atoms with Gasteiger partial charge in [0, 0.05) is 30.2 Å². The fourth-order valence-corrected chi connectivity index (χ4v) is 2.94. The predicted molar refractivity (Wildman–Crippen MR) is 84.2 cm³/mol. The Labute approximate surface area is 129 Å². The molecule has 22 heavy (non-hydrogen) atoms. The number of nitrogens with one attached hydrogen (secondary N) is 1. The molecule has 0 atom stereocenters. The van der Waals surface area contributed by atoms with Gasteiger partial charge in [0.2, 0.25) is 5.91 Å². The van der Waals surface area contributed by atoms with Gasteiger partial charge in [-0.3, -0.25) is 9.59 Å². The number of aromatic nitrogens is 1. The number of nitrogens with zero attached hydrogens (tertiary/aromatic N) is 2. The van der Waals surface area contributed by atoms with Crippen molar-refractivity contribution in [3.63, 3.8) is 0 Å². The third kappa shape index (κ3) is 2.50. The summed E-state index contributed by atoms with van der Waals surface area (Å²) in [7, 11) is 0. The highest BCUT2D eigenvalue weighted by molar-refractivity contribution is 5.98. The minimum atomic E-state index is -0.100. The monoisotopic (exact) mass is 297 g/mol. The van der Waals surface area contributed by atoms with E-state index in [-0.39, 0.29) is 18.4 Å². The third-order valence-corrected chi connectivity index (χ3v) is 4.00. The number of amides is 2. The van der Waals surface area contributed by atoms with E-state index in [9.17, 15) is 9.59 Å². The van der Waals surface area contributed by atoms with Gasteiger partial charge in [0.15, 0.2) is 0 Å². The van der Waals surface area contributed by atoms with E-state index < -0.39 is 0 Å². The van der Waals surface area contributed by atoms with Gasteiger partial charge < -0.3 is 14.8 Å². The van der Waals surface area contributed by atoms with E-state index in [0.29, 0.717) is 18.7 Å². The number of hydrogen-bond donors (Lipinski definition) is 1. The molecule has 114 valence electrons. The largest absolute Gasteiger partial charge is 0.353 e. The highest BCUT2D eigenvalue weighted by atomic mass is 16.2. The number of rotatable bonds is 2. The molecule has 1 aliphatic rings. The van der Waals surface area contributed by atoms with Crippen LogP contribution in [0.1, 0.15) is 21.7 Å². The molecular formula is C17H19N3O2. The average molecular weight is 297 g/mol. The van der Waals surface area contributed by atoms with E-state index >= 15 is 0 Å². The molecule has 0 saturated carbocycles. The van der Waals surface area contributed by atoms with Crippen molar-refractivity contribution in [3.05, 3.63) is 53.3 Å². The molecule has 5 heteroatoms. The van der Waals surface area contributed by atoms with Crippen LogP contribution in [0, 0.1) is 13.8 Å². The zero-order valence-electron chi connectivity index (χ0n) is 12.8. The van der Waals surface area contributed by atoms with E-state index in [4.69, 9.17) is 0 Å². The van der Waals surface area contributed by atoms with E-state index in [1.807, 2.05) is 50.2 Å². The van der Waals surface area contributed by atoms with Crippen LogP contribution in [0.3, 0.4) is 0 Å². The Hall–Kier alpha value is -2.56. The lowest BCUT2D eigenvalue weighted by atomic mass is 10.2. The van der Waals surface area contributed by atoms with Gasteiger partial charge in [-0.25, -0.2) is 0 Å². The minimum absolute atomic E-state index is 0.0786. The topological polar surface area (TPSA) is 54.3 Å². The molecule has 1 saturated heterocycles. The Balaban J connectivity index is 1.96. The number of para-hydroxylation sites is 1. The van der Waals surface area contributed by atoms with Crippen molar-refractivity contribution in [3.8, 4) is 5.69 Å². The van der Waals surface area contributed by atoms with Crippen molar-refractivity contribution in [2.75, 3.05) is 19.6 Å². The fourth-order valence-electron chi connectivity index (χ4n) is 2.94. The first kappa shape index (κ1) is 14.4. The quantitative estimate of drug-likeness (QED) is 0.916. The Morgan fingerprint density at radius 1 is 1.18 bits per heavy atom. The lowest BCUT2D eigenvalue weighted by molar-refractivity contribution is -0.123. The molecule has 2 heterocycles. The van der Waals surface area contributed by atoms with Crippen LogP contribution in [-0.2, 0) is 4.79 Å². The molecule has 1 N–H and O–H groups in total. The molecule has 0 spiro atoms. The Morgan fingerprint density at radius 3 is 2.59 bits per heavy atom. The maximum absolute atomic E-state index is 12.7. The number of benzene rings is 1. The summed E-state index contributed by atoms with van der Waals surface area (Å²) >= 11 is 0. The van der Waals surface area contributed by atoms with E-state index in [1.165, 1.54) is 0 Å². The molecule has 0 aliphatic carbocycles. The van der Waals surface area contributed by atoms with Gasteiger partial charge in [0.1, 0.15) is 0 Å². The molecule has 1 aromatic heterocycles. The highest BCUT2D eigenvalue weighted by Crippen LogP contribution is 2.22. The smallest absolute Gasteiger partial charge is 0.256 e. The SMILES string of the molecule is Cc1cc(C(=O)N2CCNC(=O)C2)c(C)n1-c1ccccc1. The van der Waals surface area contributed by atoms with Gasteiger partial charge in [-0.15, -0.1) is 0 Å². The van der Waals surface area contributed by atoms with Crippen LogP contribution in [0.15, 0.2) is 36.4 Å². The van der Waals surface area contributed by atoms with Crippen molar-refractivity contribution in [1.29, 1.82) is 0 Å². The first-order valence-electron chi connectivity index (χ1n) is 7.38. The van der Waals surface area contributed by atoms with Crippen molar-refractivity contribution in [2.24, 2.45) is 0 Å². The Morgan fingerprint density at radius 2 is 1.91 bits per heavy atom. The normalized spacial score (nSPS) is 14.8. The average Bonchev–Trinajstić information content (AvgIpc) is 2.82. The molecular weight excluding hydrogens is 278 g/mol. The van der Waals surface area contributed by atoms with Gasteiger partial charge in [0.25, 0.3) is 5.91 Å². The van der Waals surface area contributed by atoms with Gasteiger partial charge >= 0.3 is 0 Å². The molecule has 5 nitrogen and oxygen atoms in total.